The molecule has 1 fully saturated rings. The quantitative estimate of drug-likeness (QED) is 0.822. The van der Waals surface area contributed by atoms with Gasteiger partial charge in [0.2, 0.25) is 10.0 Å². The Hall–Kier alpha value is -1.77. The Labute approximate surface area is 170 Å². The summed E-state index contributed by atoms with van der Waals surface area (Å²) in [6.45, 7) is 5.20. The first-order chi connectivity index (χ1) is 13.3. The number of amides is 1. The number of aromatic nitrogens is 1. The summed E-state index contributed by atoms with van der Waals surface area (Å²) in [5.41, 5.74) is 1.40. The Morgan fingerprint density at radius 1 is 1.21 bits per heavy atom. The fraction of sp³-hybridized carbons (Fsp3) is 0.500. The summed E-state index contributed by atoms with van der Waals surface area (Å²) in [6, 6.07) is 6.29. The largest absolute Gasteiger partial charge is 0.298 e. The Morgan fingerprint density at radius 2 is 1.96 bits per heavy atom. The van der Waals surface area contributed by atoms with Gasteiger partial charge in [-0.1, -0.05) is 19.9 Å². The number of hydrogen-bond donors (Lipinski definition) is 1. The molecule has 2 aliphatic rings. The summed E-state index contributed by atoms with van der Waals surface area (Å²) in [6.07, 6.45) is 4.13. The van der Waals surface area contributed by atoms with Crippen molar-refractivity contribution in [2.45, 2.75) is 44.4 Å². The molecular weight excluding hydrogens is 394 g/mol. The molecule has 1 aliphatic heterocycles. The van der Waals surface area contributed by atoms with Crippen molar-refractivity contribution in [3.63, 3.8) is 0 Å². The number of aryl methyl sites for hydroxylation is 2. The highest BCUT2D eigenvalue weighted by atomic mass is 32.2. The van der Waals surface area contributed by atoms with Crippen LogP contribution in [0, 0.1) is 11.8 Å². The smallest absolute Gasteiger partial charge is 0.257 e. The molecule has 6 nitrogen and oxygen atoms in total. The van der Waals surface area contributed by atoms with E-state index in [0.717, 1.165) is 31.4 Å². The van der Waals surface area contributed by atoms with Crippen LogP contribution in [-0.4, -0.2) is 36.7 Å². The van der Waals surface area contributed by atoms with E-state index in [1.54, 1.807) is 22.5 Å². The van der Waals surface area contributed by atoms with E-state index in [9.17, 15) is 13.2 Å². The van der Waals surface area contributed by atoms with Crippen LogP contribution in [0.25, 0.3) is 0 Å². The lowest BCUT2D eigenvalue weighted by Gasteiger charge is -2.34. The van der Waals surface area contributed by atoms with E-state index < -0.39 is 10.0 Å². The molecule has 1 aromatic heterocycles. The number of hydrogen-bond acceptors (Lipinski definition) is 5. The first kappa shape index (κ1) is 19.5. The standard InChI is InChI=1S/C20H25N3O3S2/c1-13-9-14(2)12-23(11-13)28(25,26)16-6-3-5-15(10-16)19(24)22-20-21-17-7-4-8-18(17)27-20/h3,5-6,10,13-14H,4,7-9,11-12H2,1-2H3,(H,21,22,24)/t13-,14-/m0/s1. The van der Waals surface area contributed by atoms with Gasteiger partial charge in [0.05, 0.1) is 10.6 Å². The van der Waals surface area contributed by atoms with Crippen molar-refractivity contribution in [2.75, 3.05) is 18.4 Å². The minimum atomic E-state index is -3.61. The molecule has 1 aromatic carbocycles. The van der Waals surface area contributed by atoms with Crippen LogP contribution in [0.4, 0.5) is 5.13 Å². The Kier molecular flexibility index (Phi) is 5.28. The molecule has 2 atom stereocenters. The van der Waals surface area contributed by atoms with E-state index in [0.29, 0.717) is 35.6 Å². The second-order valence-electron chi connectivity index (χ2n) is 7.99. The molecule has 28 heavy (non-hydrogen) atoms. The zero-order chi connectivity index (χ0) is 19.9. The first-order valence-electron chi connectivity index (χ1n) is 9.73. The number of benzene rings is 1. The van der Waals surface area contributed by atoms with Crippen molar-refractivity contribution in [1.29, 1.82) is 0 Å². The predicted octanol–water partition coefficient (Wildman–Crippen LogP) is 3.55. The van der Waals surface area contributed by atoms with Gasteiger partial charge in [-0.2, -0.15) is 4.31 Å². The molecule has 150 valence electrons. The van der Waals surface area contributed by atoms with E-state index in [1.807, 2.05) is 0 Å². The predicted molar refractivity (Wildman–Crippen MR) is 110 cm³/mol. The summed E-state index contributed by atoms with van der Waals surface area (Å²) in [7, 11) is -3.61. The van der Waals surface area contributed by atoms with E-state index in [2.05, 4.69) is 24.1 Å². The van der Waals surface area contributed by atoms with E-state index in [-0.39, 0.29) is 10.8 Å². The molecule has 1 amide bonds. The molecule has 0 saturated carbocycles. The topological polar surface area (TPSA) is 79.4 Å². The minimum Gasteiger partial charge on any atom is -0.298 e. The van der Waals surface area contributed by atoms with Gasteiger partial charge in [0.15, 0.2) is 5.13 Å². The highest BCUT2D eigenvalue weighted by molar-refractivity contribution is 7.89. The van der Waals surface area contributed by atoms with Crippen molar-refractivity contribution in [3.8, 4) is 0 Å². The zero-order valence-electron chi connectivity index (χ0n) is 16.1. The number of carbonyl (C=O) groups excluding carboxylic acids is 1. The monoisotopic (exact) mass is 419 g/mol. The van der Waals surface area contributed by atoms with E-state index in [4.69, 9.17) is 0 Å². The van der Waals surface area contributed by atoms with Crippen LogP contribution >= 0.6 is 11.3 Å². The molecular formula is C20H25N3O3S2. The van der Waals surface area contributed by atoms with Gasteiger partial charge >= 0.3 is 0 Å². The number of rotatable bonds is 4. The molecule has 0 radical (unpaired) electrons. The summed E-state index contributed by atoms with van der Waals surface area (Å²) in [4.78, 5) is 18.5. The van der Waals surface area contributed by atoms with Crippen LogP contribution in [-0.2, 0) is 22.9 Å². The first-order valence-corrected chi connectivity index (χ1v) is 12.0. The lowest BCUT2D eigenvalue weighted by atomic mass is 9.94. The number of anilines is 1. The molecule has 4 rings (SSSR count). The van der Waals surface area contributed by atoms with Crippen molar-refractivity contribution >= 4 is 32.4 Å². The lowest BCUT2D eigenvalue weighted by Crippen LogP contribution is -2.42. The van der Waals surface area contributed by atoms with Crippen molar-refractivity contribution in [1.82, 2.24) is 9.29 Å². The van der Waals surface area contributed by atoms with Gasteiger partial charge in [0.25, 0.3) is 5.91 Å². The molecule has 0 bridgehead atoms. The number of fused-ring (bicyclic) bond motifs is 1. The van der Waals surface area contributed by atoms with Gasteiger partial charge in [-0.05, 0) is 55.7 Å². The third-order valence-electron chi connectivity index (χ3n) is 5.39. The van der Waals surface area contributed by atoms with Crippen molar-refractivity contribution < 1.29 is 13.2 Å². The van der Waals surface area contributed by atoms with Crippen LogP contribution in [0.15, 0.2) is 29.2 Å². The van der Waals surface area contributed by atoms with Gasteiger partial charge in [-0.3, -0.25) is 10.1 Å². The second-order valence-corrected chi connectivity index (χ2v) is 11.0. The normalized spacial score (nSPS) is 22.8. The van der Waals surface area contributed by atoms with Crippen molar-refractivity contribution in [2.24, 2.45) is 11.8 Å². The van der Waals surface area contributed by atoms with E-state index >= 15 is 0 Å². The minimum absolute atomic E-state index is 0.170. The summed E-state index contributed by atoms with van der Waals surface area (Å²) >= 11 is 1.51. The van der Waals surface area contributed by atoms with Crippen LogP contribution in [0.1, 0.15) is 47.6 Å². The van der Waals surface area contributed by atoms with Gasteiger partial charge in [-0.25, -0.2) is 13.4 Å². The number of carbonyl (C=O) groups is 1. The number of piperidine rings is 1. The second kappa shape index (κ2) is 7.57. The van der Waals surface area contributed by atoms with Crippen LogP contribution in [0.2, 0.25) is 0 Å². The molecule has 1 saturated heterocycles. The Morgan fingerprint density at radius 3 is 2.68 bits per heavy atom. The van der Waals surface area contributed by atoms with Crippen LogP contribution in [0.5, 0.6) is 0 Å². The number of nitrogens with one attached hydrogen (secondary N) is 1. The Balaban J connectivity index is 1.54. The average Bonchev–Trinajstić information content (AvgIpc) is 3.22. The number of sulfonamides is 1. The molecule has 8 heteroatoms. The maximum Gasteiger partial charge on any atom is 0.257 e. The summed E-state index contributed by atoms with van der Waals surface area (Å²) in [5, 5.41) is 3.40. The molecule has 1 aliphatic carbocycles. The number of thiazole rings is 1. The summed E-state index contributed by atoms with van der Waals surface area (Å²) < 4.78 is 27.7. The number of nitrogens with zero attached hydrogens (tertiary/aromatic N) is 2. The maximum atomic E-state index is 13.1. The van der Waals surface area contributed by atoms with Gasteiger partial charge in [0.1, 0.15) is 0 Å². The van der Waals surface area contributed by atoms with E-state index in [1.165, 1.54) is 22.3 Å². The third-order valence-corrected chi connectivity index (χ3v) is 8.29. The van der Waals surface area contributed by atoms with Gasteiger partial charge in [-0.15, -0.1) is 11.3 Å². The van der Waals surface area contributed by atoms with Gasteiger partial charge < -0.3 is 0 Å². The summed E-state index contributed by atoms with van der Waals surface area (Å²) in [5.74, 6) is 0.332. The van der Waals surface area contributed by atoms with Gasteiger partial charge in [0, 0.05) is 23.5 Å². The molecule has 0 unspecified atom stereocenters. The maximum absolute atomic E-state index is 13.1. The SMILES string of the molecule is C[C@H]1C[C@H](C)CN(S(=O)(=O)c2cccc(C(=O)Nc3nc4c(s3)CCC4)c2)C1. The van der Waals surface area contributed by atoms with Crippen LogP contribution < -0.4 is 5.32 Å². The molecule has 0 spiro atoms. The molecule has 2 aromatic rings. The fourth-order valence-corrected chi connectivity index (χ4v) is 6.93. The third kappa shape index (κ3) is 3.86. The zero-order valence-corrected chi connectivity index (χ0v) is 17.8. The average molecular weight is 420 g/mol. The Bertz CT molecular complexity index is 968. The highest BCUT2D eigenvalue weighted by Crippen LogP contribution is 2.31. The van der Waals surface area contributed by atoms with Crippen LogP contribution in [0.3, 0.4) is 0 Å². The lowest BCUT2D eigenvalue weighted by molar-refractivity contribution is 0.102. The van der Waals surface area contributed by atoms with Crippen molar-refractivity contribution in [3.05, 3.63) is 40.4 Å². The fourth-order valence-electron chi connectivity index (χ4n) is 4.16. The highest BCUT2D eigenvalue weighted by Gasteiger charge is 2.32. The molecule has 2 heterocycles. The molecule has 1 N–H and O–H groups in total.